The van der Waals surface area contributed by atoms with Crippen LogP contribution in [-0.2, 0) is 0 Å². The van der Waals surface area contributed by atoms with E-state index in [-0.39, 0.29) is 0 Å². The molecular weight excluding hydrogens is 98.1 g/mol. The molecule has 46 valence electrons. The van der Waals surface area contributed by atoms with Crippen molar-refractivity contribution in [3.05, 3.63) is 11.9 Å². The minimum absolute atomic E-state index is 1.21. The Kier molecular flexibility index (Phi) is 1.56. The van der Waals surface area contributed by atoms with Gasteiger partial charge < -0.3 is 4.90 Å². The summed E-state index contributed by atoms with van der Waals surface area (Å²) in [5, 5.41) is 0. The first kappa shape index (κ1) is 5.67. The molecule has 0 radical (unpaired) electrons. The molecule has 0 saturated carbocycles. The Morgan fingerprint density at radius 1 is 1.50 bits per heavy atom. The maximum absolute atomic E-state index is 2.32. The quantitative estimate of drug-likeness (QED) is 0.538. The fourth-order valence-electron chi connectivity index (χ4n) is 0.894. The van der Waals surface area contributed by atoms with E-state index in [0.717, 1.165) is 0 Å². The van der Waals surface area contributed by atoms with Gasteiger partial charge in [0.05, 0.1) is 0 Å². The lowest BCUT2D eigenvalue weighted by Gasteiger charge is -1.99. The van der Waals surface area contributed by atoms with Gasteiger partial charge in [-0.3, -0.25) is 0 Å². The van der Waals surface area contributed by atoms with Crippen LogP contribution >= 0.6 is 0 Å². The molecule has 0 N–H and O–H groups in total. The van der Waals surface area contributed by atoms with Gasteiger partial charge in [-0.1, -0.05) is 13.8 Å². The lowest BCUT2D eigenvalue weighted by molar-refractivity contribution is 0.557. The first-order valence-corrected chi connectivity index (χ1v) is 3.35. The van der Waals surface area contributed by atoms with E-state index in [1.165, 1.54) is 25.1 Å². The second kappa shape index (κ2) is 2.21. The number of rotatable bonds is 3. The summed E-state index contributed by atoms with van der Waals surface area (Å²) in [5.41, 5.74) is 1.52. The fraction of sp³-hybridized carbons (Fsp3) is 0.714. The first-order chi connectivity index (χ1) is 3.88. The molecule has 0 spiro atoms. The Morgan fingerprint density at radius 2 is 2.25 bits per heavy atom. The predicted octanol–water partition coefficient (Wildman–Crippen LogP) is 1.96. The number of hydrogen-bond acceptors (Lipinski definition) is 1. The monoisotopic (exact) mass is 111 g/mol. The largest absolute Gasteiger partial charge is 0.348 e. The molecule has 1 rings (SSSR count). The van der Waals surface area contributed by atoms with Crippen LogP contribution < -0.4 is 0 Å². The summed E-state index contributed by atoms with van der Waals surface area (Å²) >= 11 is 0. The minimum Gasteiger partial charge on any atom is -0.348 e. The Hall–Kier alpha value is -0.460. The van der Waals surface area contributed by atoms with Gasteiger partial charge in [-0.25, -0.2) is 0 Å². The second-order valence-electron chi connectivity index (χ2n) is 2.17. The molecule has 1 nitrogen and oxygen atoms in total. The van der Waals surface area contributed by atoms with Crippen molar-refractivity contribution in [1.29, 1.82) is 0 Å². The highest BCUT2D eigenvalue weighted by molar-refractivity contribution is 5.17. The average Bonchev–Trinajstić information content (AvgIpc) is 2.48. The molecule has 8 heavy (non-hydrogen) atoms. The fourth-order valence-corrected chi connectivity index (χ4v) is 0.894. The standard InChI is InChI=1S/C7H13N/c1-3-5-8-6-7(8)4-2/h6H,3-5H2,1-2H3. The van der Waals surface area contributed by atoms with Crippen molar-refractivity contribution in [3.63, 3.8) is 0 Å². The molecule has 0 aromatic carbocycles. The van der Waals surface area contributed by atoms with E-state index in [4.69, 9.17) is 0 Å². The van der Waals surface area contributed by atoms with Crippen LogP contribution in [0.3, 0.4) is 0 Å². The maximum atomic E-state index is 2.32. The molecule has 0 aliphatic carbocycles. The first-order valence-electron chi connectivity index (χ1n) is 3.35. The van der Waals surface area contributed by atoms with Gasteiger partial charge in [-0.2, -0.15) is 0 Å². The van der Waals surface area contributed by atoms with Crippen molar-refractivity contribution in [2.45, 2.75) is 26.7 Å². The van der Waals surface area contributed by atoms with Crippen LogP contribution in [0.15, 0.2) is 11.9 Å². The molecule has 0 amide bonds. The zero-order valence-corrected chi connectivity index (χ0v) is 5.65. The summed E-state index contributed by atoms with van der Waals surface area (Å²) in [4.78, 5) is 2.32. The van der Waals surface area contributed by atoms with Crippen LogP contribution in [0.2, 0.25) is 0 Å². The molecule has 1 heteroatoms. The third-order valence-corrected chi connectivity index (χ3v) is 1.43. The van der Waals surface area contributed by atoms with Crippen molar-refractivity contribution in [2.24, 2.45) is 0 Å². The molecular formula is C7H13N. The van der Waals surface area contributed by atoms with Crippen LogP contribution in [-0.4, -0.2) is 11.4 Å². The van der Waals surface area contributed by atoms with E-state index in [0.29, 0.717) is 0 Å². The highest BCUT2D eigenvalue weighted by Gasteiger charge is 2.15. The van der Waals surface area contributed by atoms with Crippen LogP contribution in [0, 0.1) is 0 Å². The maximum Gasteiger partial charge on any atom is 0.0335 e. The number of allylic oxidation sites excluding steroid dienone is 1. The second-order valence-corrected chi connectivity index (χ2v) is 2.17. The normalized spacial score (nSPS) is 16.2. The topological polar surface area (TPSA) is 3.01 Å². The highest BCUT2D eigenvalue weighted by atomic mass is 15.2. The van der Waals surface area contributed by atoms with Crippen molar-refractivity contribution < 1.29 is 0 Å². The Morgan fingerprint density at radius 3 is 2.62 bits per heavy atom. The number of hydrogen-bond donors (Lipinski definition) is 0. The molecule has 0 fully saturated rings. The molecule has 0 aromatic heterocycles. The molecule has 0 atom stereocenters. The van der Waals surface area contributed by atoms with Crippen molar-refractivity contribution in [1.82, 2.24) is 4.90 Å². The zero-order chi connectivity index (χ0) is 5.98. The SMILES string of the molecule is CCCN1C=C1CC. The van der Waals surface area contributed by atoms with Crippen LogP contribution in [0.4, 0.5) is 0 Å². The summed E-state index contributed by atoms with van der Waals surface area (Å²) in [6, 6.07) is 0. The Bertz CT molecular complexity index is 105. The lowest BCUT2D eigenvalue weighted by atomic mass is 10.4. The van der Waals surface area contributed by atoms with Gasteiger partial charge in [0.25, 0.3) is 0 Å². The van der Waals surface area contributed by atoms with E-state index < -0.39 is 0 Å². The number of nitrogens with zero attached hydrogens (tertiary/aromatic N) is 1. The van der Waals surface area contributed by atoms with E-state index in [1.54, 1.807) is 0 Å². The zero-order valence-electron chi connectivity index (χ0n) is 5.65. The van der Waals surface area contributed by atoms with E-state index in [1.807, 2.05) is 0 Å². The van der Waals surface area contributed by atoms with Gasteiger partial charge in [0.15, 0.2) is 0 Å². The van der Waals surface area contributed by atoms with Crippen molar-refractivity contribution in [2.75, 3.05) is 6.54 Å². The van der Waals surface area contributed by atoms with Crippen LogP contribution in [0.25, 0.3) is 0 Å². The summed E-state index contributed by atoms with van der Waals surface area (Å²) in [5.74, 6) is 0. The van der Waals surface area contributed by atoms with Crippen LogP contribution in [0.5, 0.6) is 0 Å². The molecule has 0 bridgehead atoms. The highest BCUT2D eigenvalue weighted by Crippen LogP contribution is 2.23. The third-order valence-electron chi connectivity index (χ3n) is 1.43. The molecule has 0 unspecified atom stereocenters. The van der Waals surface area contributed by atoms with Crippen molar-refractivity contribution in [3.8, 4) is 0 Å². The summed E-state index contributed by atoms with van der Waals surface area (Å²) in [6.07, 6.45) is 4.70. The van der Waals surface area contributed by atoms with Gasteiger partial charge in [-0.15, -0.1) is 0 Å². The molecule has 1 heterocycles. The van der Waals surface area contributed by atoms with E-state index in [2.05, 4.69) is 24.9 Å². The van der Waals surface area contributed by atoms with Gasteiger partial charge in [-0.05, 0) is 12.8 Å². The third kappa shape index (κ3) is 1.03. The van der Waals surface area contributed by atoms with Gasteiger partial charge in [0.1, 0.15) is 0 Å². The molecule has 1 aliphatic rings. The minimum atomic E-state index is 1.21. The summed E-state index contributed by atoms with van der Waals surface area (Å²) < 4.78 is 0. The average molecular weight is 111 g/mol. The van der Waals surface area contributed by atoms with Crippen molar-refractivity contribution >= 4 is 0 Å². The van der Waals surface area contributed by atoms with E-state index >= 15 is 0 Å². The van der Waals surface area contributed by atoms with Crippen LogP contribution in [0.1, 0.15) is 26.7 Å². The molecule has 0 aromatic rings. The molecule has 0 saturated heterocycles. The Balaban J connectivity index is 2.04. The van der Waals surface area contributed by atoms with Gasteiger partial charge >= 0.3 is 0 Å². The Labute approximate surface area is 51.0 Å². The summed E-state index contributed by atoms with van der Waals surface area (Å²) in [7, 11) is 0. The van der Waals surface area contributed by atoms with E-state index in [9.17, 15) is 0 Å². The smallest absolute Gasteiger partial charge is 0.0335 e. The summed E-state index contributed by atoms with van der Waals surface area (Å²) in [6.45, 7) is 5.63. The van der Waals surface area contributed by atoms with Gasteiger partial charge in [0, 0.05) is 18.4 Å². The predicted molar refractivity (Wildman–Crippen MR) is 35.4 cm³/mol. The lowest BCUT2D eigenvalue weighted by Crippen LogP contribution is -1.98. The van der Waals surface area contributed by atoms with Gasteiger partial charge in [0.2, 0.25) is 0 Å². The molecule has 1 aliphatic heterocycles.